The lowest BCUT2D eigenvalue weighted by Crippen LogP contribution is -1.66. The molecule has 0 aromatic heterocycles. The average Bonchev–Trinajstić information content (AvgIpc) is 1.98. The van der Waals surface area contributed by atoms with Gasteiger partial charge < -0.3 is 0 Å². The maximum atomic E-state index is 3.65. The van der Waals surface area contributed by atoms with Crippen LogP contribution in [-0.4, -0.2) is 0 Å². The van der Waals surface area contributed by atoms with Crippen LogP contribution in [0.2, 0.25) is 0 Å². The van der Waals surface area contributed by atoms with E-state index in [1.54, 1.807) is 0 Å². The van der Waals surface area contributed by atoms with Crippen LogP contribution in [0, 0.1) is 0 Å². The van der Waals surface area contributed by atoms with Gasteiger partial charge in [-0.05, 0) is 26.7 Å². The highest BCUT2D eigenvalue weighted by atomic mass is 13.8. The molecule has 0 atom stereocenters. The molecule has 0 spiro atoms. The van der Waals surface area contributed by atoms with Crippen molar-refractivity contribution in [2.75, 3.05) is 0 Å². The summed E-state index contributed by atoms with van der Waals surface area (Å²) < 4.78 is 0. The van der Waals surface area contributed by atoms with Gasteiger partial charge in [0.05, 0.1) is 0 Å². The third kappa shape index (κ3) is 5.36. The Morgan fingerprint density at radius 2 is 2.10 bits per heavy atom. The zero-order valence-electron chi connectivity index (χ0n) is 6.93. The molecule has 10 heavy (non-hydrogen) atoms. The van der Waals surface area contributed by atoms with Crippen LogP contribution in [-0.2, 0) is 0 Å². The molecule has 0 unspecified atom stereocenters. The van der Waals surface area contributed by atoms with Crippen LogP contribution in [0.1, 0.15) is 26.7 Å². The van der Waals surface area contributed by atoms with E-state index in [-0.39, 0.29) is 0 Å². The Hall–Kier alpha value is -0.780. The topological polar surface area (TPSA) is 0 Å². The summed E-state index contributed by atoms with van der Waals surface area (Å²) in [7, 11) is 0. The van der Waals surface area contributed by atoms with E-state index in [0.717, 1.165) is 12.8 Å². The molecule has 0 fully saturated rings. The van der Waals surface area contributed by atoms with Gasteiger partial charge in [0.25, 0.3) is 0 Å². The summed E-state index contributed by atoms with van der Waals surface area (Å²) >= 11 is 0. The quantitative estimate of drug-likeness (QED) is 0.315. The van der Waals surface area contributed by atoms with Crippen LogP contribution in [0.3, 0.4) is 0 Å². The minimum atomic E-state index is 1.08. The van der Waals surface area contributed by atoms with Crippen LogP contribution in [0.5, 0.6) is 0 Å². The molecule has 0 saturated heterocycles. The molecule has 56 valence electrons. The number of unbranched alkanes of at least 4 members (excludes halogenated alkanes) is 1. The fourth-order valence-corrected chi connectivity index (χ4v) is 0.580. The zero-order chi connectivity index (χ0) is 7.82. The molecular formula is C10H16. The van der Waals surface area contributed by atoms with Gasteiger partial charge in [-0.3, -0.25) is 0 Å². The van der Waals surface area contributed by atoms with Crippen molar-refractivity contribution in [3.63, 3.8) is 0 Å². The summed E-state index contributed by atoms with van der Waals surface area (Å²) in [5.41, 5.74) is 1.32. The first-order chi connectivity index (χ1) is 4.81. The molecule has 0 heterocycles. The molecule has 0 nitrogen and oxygen atoms in total. The smallest absolute Gasteiger partial charge is 0.0313 e. The Morgan fingerprint density at radius 3 is 2.60 bits per heavy atom. The van der Waals surface area contributed by atoms with Crippen molar-refractivity contribution in [1.29, 1.82) is 0 Å². The molecule has 0 rings (SSSR count). The van der Waals surface area contributed by atoms with Crippen molar-refractivity contribution in [3.8, 4) is 0 Å². The summed E-state index contributed by atoms with van der Waals surface area (Å²) in [6.45, 7) is 7.80. The minimum Gasteiger partial charge on any atom is -0.103 e. The van der Waals surface area contributed by atoms with Crippen molar-refractivity contribution in [3.05, 3.63) is 36.5 Å². The Kier molecular flexibility index (Phi) is 5.85. The van der Waals surface area contributed by atoms with Crippen LogP contribution in [0.4, 0.5) is 0 Å². The van der Waals surface area contributed by atoms with Gasteiger partial charge in [0.1, 0.15) is 0 Å². The summed E-state index contributed by atoms with van der Waals surface area (Å²) in [6, 6.07) is 0. The predicted octanol–water partition coefficient (Wildman–Crippen LogP) is 3.48. The molecule has 0 radical (unpaired) electrons. The van der Waals surface area contributed by atoms with Crippen LogP contribution < -0.4 is 0 Å². The number of hydrogen-bond donors (Lipinski definition) is 0. The normalized spacial score (nSPS) is 12.4. The molecule has 0 aromatic rings. The van der Waals surface area contributed by atoms with Crippen LogP contribution >= 0.6 is 0 Å². The molecule has 0 aliphatic carbocycles. The van der Waals surface area contributed by atoms with E-state index in [0.29, 0.717) is 0 Å². The second-order valence-corrected chi connectivity index (χ2v) is 2.30. The minimum absolute atomic E-state index is 1.08. The first kappa shape index (κ1) is 9.22. The molecule has 0 aliphatic heterocycles. The lowest BCUT2D eigenvalue weighted by Gasteiger charge is -1.87. The fourth-order valence-electron chi connectivity index (χ4n) is 0.580. The van der Waals surface area contributed by atoms with Gasteiger partial charge in [-0.15, -0.1) is 6.58 Å². The monoisotopic (exact) mass is 136 g/mol. The van der Waals surface area contributed by atoms with Gasteiger partial charge >= 0.3 is 0 Å². The van der Waals surface area contributed by atoms with E-state index in [1.165, 1.54) is 5.57 Å². The van der Waals surface area contributed by atoms with Crippen molar-refractivity contribution >= 4 is 0 Å². The second kappa shape index (κ2) is 6.34. The summed E-state index contributed by atoms with van der Waals surface area (Å²) in [5, 5.41) is 0. The van der Waals surface area contributed by atoms with E-state index in [4.69, 9.17) is 0 Å². The molecule has 0 saturated carbocycles. The van der Waals surface area contributed by atoms with E-state index in [2.05, 4.69) is 31.7 Å². The summed E-state index contributed by atoms with van der Waals surface area (Å²) in [5.74, 6) is 0. The molecule has 0 aromatic carbocycles. The predicted molar refractivity (Wildman–Crippen MR) is 48.0 cm³/mol. The maximum absolute atomic E-state index is 3.65. The van der Waals surface area contributed by atoms with Crippen molar-refractivity contribution in [2.24, 2.45) is 0 Å². The summed E-state index contributed by atoms with van der Waals surface area (Å²) in [4.78, 5) is 0. The third-order valence-electron chi connectivity index (χ3n) is 1.37. The van der Waals surface area contributed by atoms with Crippen LogP contribution in [0.15, 0.2) is 36.5 Å². The van der Waals surface area contributed by atoms with Gasteiger partial charge in [0.2, 0.25) is 0 Å². The number of rotatable bonds is 4. The lowest BCUT2D eigenvalue weighted by molar-refractivity contribution is 1.05. The highest BCUT2D eigenvalue weighted by Crippen LogP contribution is 1.97. The first-order valence-electron chi connectivity index (χ1n) is 3.71. The second-order valence-electron chi connectivity index (χ2n) is 2.30. The zero-order valence-corrected chi connectivity index (χ0v) is 6.93. The van der Waals surface area contributed by atoms with E-state index in [9.17, 15) is 0 Å². The van der Waals surface area contributed by atoms with Crippen molar-refractivity contribution in [1.82, 2.24) is 0 Å². The Morgan fingerprint density at radius 1 is 1.40 bits per heavy atom. The van der Waals surface area contributed by atoms with E-state index < -0.39 is 0 Å². The van der Waals surface area contributed by atoms with E-state index in [1.807, 2.05) is 13.0 Å². The van der Waals surface area contributed by atoms with Gasteiger partial charge in [-0.2, -0.15) is 0 Å². The standard InChI is InChI=1S/C10H16/c1-4-6-7-8-9-10(3)5-2/h4-5,8-9H,1,6-7H2,2-3H3. The third-order valence-corrected chi connectivity index (χ3v) is 1.37. The fraction of sp³-hybridized carbons (Fsp3) is 0.400. The molecule has 0 heteroatoms. The largest absolute Gasteiger partial charge is 0.103 e. The van der Waals surface area contributed by atoms with Gasteiger partial charge in [-0.1, -0.05) is 29.9 Å². The lowest BCUT2D eigenvalue weighted by atomic mass is 10.2. The average molecular weight is 136 g/mol. The Bertz CT molecular complexity index is 138. The van der Waals surface area contributed by atoms with Gasteiger partial charge in [0, 0.05) is 0 Å². The van der Waals surface area contributed by atoms with E-state index >= 15 is 0 Å². The van der Waals surface area contributed by atoms with Crippen molar-refractivity contribution < 1.29 is 0 Å². The highest BCUT2D eigenvalue weighted by molar-refractivity contribution is 5.14. The maximum Gasteiger partial charge on any atom is -0.0313 e. The number of hydrogen-bond acceptors (Lipinski definition) is 0. The van der Waals surface area contributed by atoms with Crippen LogP contribution in [0.25, 0.3) is 0 Å². The molecule has 0 bridgehead atoms. The SMILES string of the molecule is C=CCCC=CC(C)=CC. The molecule has 0 N–H and O–H groups in total. The van der Waals surface area contributed by atoms with Crippen molar-refractivity contribution in [2.45, 2.75) is 26.7 Å². The first-order valence-corrected chi connectivity index (χ1v) is 3.71. The highest BCUT2D eigenvalue weighted by Gasteiger charge is 1.76. The van der Waals surface area contributed by atoms with Gasteiger partial charge in [-0.25, -0.2) is 0 Å². The molecule has 0 amide bonds. The number of allylic oxidation sites excluding steroid dienone is 5. The van der Waals surface area contributed by atoms with Gasteiger partial charge in [0.15, 0.2) is 0 Å². The summed E-state index contributed by atoms with van der Waals surface area (Å²) in [6.07, 6.45) is 10.5. The molecular weight excluding hydrogens is 120 g/mol. The Balaban J connectivity index is 3.45. The Labute approximate surface area is 64.0 Å². The molecule has 0 aliphatic rings.